The standard InChI is InChI=1S/C20H13ClN4OS/c1-12-17(20(26)25(24-12)14-8-6-13(21)7-9-14)11-23-19-16(10-22)15-4-2-3-5-18(15)27-19/h2-9,11,24H,1H3. The van der Waals surface area contributed by atoms with Crippen LogP contribution in [0.4, 0.5) is 5.00 Å². The summed E-state index contributed by atoms with van der Waals surface area (Å²) in [4.78, 5) is 17.2. The average molecular weight is 393 g/mol. The number of halogens is 1. The van der Waals surface area contributed by atoms with Gasteiger partial charge in [-0.1, -0.05) is 29.8 Å². The summed E-state index contributed by atoms with van der Waals surface area (Å²) in [5, 5.41) is 14.6. The zero-order valence-corrected chi connectivity index (χ0v) is 15.8. The van der Waals surface area contributed by atoms with Crippen molar-refractivity contribution in [3.8, 4) is 11.8 Å². The molecule has 0 atom stereocenters. The Morgan fingerprint density at radius 2 is 1.96 bits per heavy atom. The van der Waals surface area contributed by atoms with Crippen LogP contribution in [0.5, 0.6) is 0 Å². The predicted octanol–water partition coefficient (Wildman–Crippen LogP) is 4.96. The number of thiophene rings is 1. The maximum atomic E-state index is 12.8. The van der Waals surface area contributed by atoms with Gasteiger partial charge in [0.2, 0.25) is 0 Å². The van der Waals surface area contributed by atoms with E-state index in [1.165, 1.54) is 22.2 Å². The minimum absolute atomic E-state index is 0.210. The molecule has 2 aromatic heterocycles. The maximum absolute atomic E-state index is 12.8. The van der Waals surface area contributed by atoms with Crippen molar-refractivity contribution in [2.75, 3.05) is 0 Å². The molecule has 2 heterocycles. The van der Waals surface area contributed by atoms with E-state index in [0.29, 0.717) is 32.5 Å². The van der Waals surface area contributed by atoms with Crippen molar-refractivity contribution < 1.29 is 0 Å². The second-order valence-corrected chi connectivity index (χ2v) is 7.38. The normalized spacial score (nSPS) is 11.3. The lowest BCUT2D eigenvalue weighted by Crippen LogP contribution is -2.17. The fourth-order valence-electron chi connectivity index (χ4n) is 2.84. The van der Waals surface area contributed by atoms with E-state index in [2.05, 4.69) is 16.2 Å². The molecule has 7 heteroatoms. The topological polar surface area (TPSA) is 73.9 Å². The van der Waals surface area contributed by atoms with E-state index in [1.807, 2.05) is 31.2 Å². The van der Waals surface area contributed by atoms with E-state index in [4.69, 9.17) is 11.6 Å². The Hall–Kier alpha value is -3.14. The third-order valence-corrected chi connectivity index (χ3v) is 5.53. The number of aromatic amines is 1. The number of H-pyrrole nitrogens is 1. The molecule has 27 heavy (non-hydrogen) atoms. The number of aliphatic imine (C=N–C) groups is 1. The molecule has 0 spiro atoms. The Labute approximate surface area is 163 Å². The molecule has 1 N–H and O–H groups in total. The monoisotopic (exact) mass is 392 g/mol. The lowest BCUT2D eigenvalue weighted by atomic mass is 10.2. The van der Waals surface area contributed by atoms with Crippen LogP contribution in [0.3, 0.4) is 0 Å². The van der Waals surface area contributed by atoms with Gasteiger partial charge >= 0.3 is 0 Å². The van der Waals surface area contributed by atoms with Crippen molar-refractivity contribution in [3.63, 3.8) is 0 Å². The van der Waals surface area contributed by atoms with Gasteiger partial charge in [-0.3, -0.25) is 9.89 Å². The third-order valence-electron chi connectivity index (χ3n) is 4.20. The van der Waals surface area contributed by atoms with Gasteiger partial charge in [-0.2, -0.15) is 5.26 Å². The van der Waals surface area contributed by atoms with Crippen molar-refractivity contribution in [2.24, 2.45) is 4.99 Å². The molecular weight excluding hydrogens is 380 g/mol. The van der Waals surface area contributed by atoms with Crippen LogP contribution in [0.2, 0.25) is 5.02 Å². The highest BCUT2D eigenvalue weighted by Gasteiger charge is 2.13. The van der Waals surface area contributed by atoms with Crippen LogP contribution in [-0.2, 0) is 0 Å². The first-order valence-corrected chi connectivity index (χ1v) is 9.31. The number of nitriles is 1. The molecule has 0 unspecified atom stereocenters. The molecule has 0 saturated heterocycles. The van der Waals surface area contributed by atoms with E-state index in [-0.39, 0.29) is 5.56 Å². The van der Waals surface area contributed by atoms with Gasteiger partial charge in [0.15, 0.2) is 0 Å². The van der Waals surface area contributed by atoms with E-state index >= 15 is 0 Å². The lowest BCUT2D eigenvalue weighted by Gasteiger charge is -2.00. The molecular formula is C20H13ClN4OS. The fraction of sp³-hybridized carbons (Fsp3) is 0.0500. The highest BCUT2D eigenvalue weighted by molar-refractivity contribution is 7.22. The minimum Gasteiger partial charge on any atom is -0.295 e. The number of benzene rings is 2. The summed E-state index contributed by atoms with van der Waals surface area (Å²) in [5.41, 5.74) is 2.15. The van der Waals surface area contributed by atoms with Gasteiger partial charge in [0, 0.05) is 27.0 Å². The largest absolute Gasteiger partial charge is 0.295 e. The SMILES string of the molecule is Cc1[nH]n(-c2ccc(Cl)cc2)c(=O)c1C=Nc1sc2ccccc2c1C#N. The van der Waals surface area contributed by atoms with Crippen LogP contribution in [0.1, 0.15) is 16.8 Å². The van der Waals surface area contributed by atoms with E-state index in [1.54, 1.807) is 24.3 Å². The summed E-state index contributed by atoms with van der Waals surface area (Å²) in [5.74, 6) is 0. The molecule has 0 aliphatic rings. The fourth-order valence-corrected chi connectivity index (χ4v) is 3.96. The first-order valence-electron chi connectivity index (χ1n) is 8.11. The first-order chi connectivity index (χ1) is 13.1. The molecule has 132 valence electrons. The number of aryl methyl sites for hydroxylation is 1. The second-order valence-electron chi connectivity index (χ2n) is 5.92. The molecule has 2 aromatic carbocycles. The van der Waals surface area contributed by atoms with Gasteiger partial charge < -0.3 is 0 Å². The van der Waals surface area contributed by atoms with Crippen LogP contribution < -0.4 is 5.56 Å². The van der Waals surface area contributed by atoms with E-state index in [9.17, 15) is 10.1 Å². The number of nitrogens with one attached hydrogen (secondary N) is 1. The van der Waals surface area contributed by atoms with Gasteiger partial charge in [0.05, 0.1) is 16.8 Å². The number of hydrogen-bond donors (Lipinski definition) is 1. The highest BCUT2D eigenvalue weighted by Crippen LogP contribution is 2.36. The quantitative estimate of drug-likeness (QED) is 0.500. The first kappa shape index (κ1) is 17.3. The zero-order valence-electron chi connectivity index (χ0n) is 14.2. The van der Waals surface area contributed by atoms with Crippen molar-refractivity contribution >= 4 is 44.2 Å². The van der Waals surface area contributed by atoms with Gasteiger partial charge in [0.25, 0.3) is 5.56 Å². The molecule has 4 aromatic rings. The molecule has 5 nitrogen and oxygen atoms in total. The van der Waals surface area contributed by atoms with Gasteiger partial charge in [0.1, 0.15) is 11.1 Å². The number of aromatic nitrogens is 2. The molecule has 0 fully saturated rings. The zero-order chi connectivity index (χ0) is 19.0. The van der Waals surface area contributed by atoms with Crippen molar-refractivity contribution in [2.45, 2.75) is 6.92 Å². The summed E-state index contributed by atoms with van der Waals surface area (Å²) in [6.45, 7) is 1.81. The van der Waals surface area contributed by atoms with Crippen LogP contribution >= 0.6 is 22.9 Å². The lowest BCUT2D eigenvalue weighted by molar-refractivity contribution is 0.835. The second kappa shape index (κ2) is 6.88. The van der Waals surface area contributed by atoms with Gasteiger partial charge in [-0.15, -0.1) is 11.3 Å². The molecule has 0 amide bonds. The summed E-state index contributed by atoms with van der Waals surface area (Å²) < 4.78 is 2.44. The summed E-state index contributed by atoms with van der Waals surface area (Å²) >= 11 is 7.34. The summed E-state index contributed by atoms with van der Waals surface area (Å²) in [6.07, 6.45) is 1.52. The Morgan fingerprint density at radius 1 is 1.22 bits per heavy atom. The maximum Gasteiger partial charge on any atom is 0.280 e. The van der Waals surface area contributed by atoms with Gasteiger partial charge in [-0.25, -0.2) is 9.67 Å². The number of fused-ring (bicyclic) bond motifs is 1. The van der Waals surface area contributed by atoms with Crippen molar-refractivity contribution in [3.05, 3.63) is 80.7 Å². The van der Waals surface area contributed by atoms with E-state index in [0.717, 1.165) is 10.1 Å². The molecule has 0 aliphatic heterocycles. The Balaban J connectivity index is 1.77. The van der Waals surface area contributed by atoms with Crippen LogP contribution in [0, 0.1) is 18.3 Å². The summed E-state index contributed by atoms with van der Waals surface area (Å²) in [6, 6.07) is 16.9. The van der Waals surface area contributed by atoms with E-state index < -0.39 is 0 Å². The molecule has 0 aliphatic carbocycles. The van der Waals surface area contributed by atoms with Crippen LogP contribution in [-0.4, -0.2) is 16.0 Å². The molecule has 0 radical (unpaired) electrons. The smallest absolute Gasteiger partial charge is 0.280 e. The Morgan fingerprint density at radius 3 is 2.70 bits per heavy atom. The number of nitrogens with zero attached hydrogens (tertiary/aromatic N) is 3. The van der Waals surface area contributed by atoms with Crippen molar-refractivity contribution in [1.29, 1.82) is 5.26 Å². The molecule has 0 bridgehead atoms. The van der Waals surface area contributed by atoms with Crippen LogP contribution in [0.15, 0.2) is 58.3 Å². The third kappa shape index (κ3) is 3.08. The average Bonchev–Trinajstić information content (AvgIpc) is 3.17. The summed E-state index contributed by atoms with van der Waals surface area (Å²) in [7, 11) is 0. The highest BCUT2D eigenvalue weighted by atomic mass is 35.5. The number of hydrogen-bond acceptors (Lipinski definition) is 4. The number of rotatable bonds is 3. The molecule has 4 rings (SSSR count). The van der Waals surface area contributed by atoms with Gasteiger partial charge in [-0.05, 0) is 37.3 Å². The van der Waals surface area contributed by atoms with Crippen molar-refractivity contribution in [1.82, 2.24) is 9.78 Å². The Bertz CT molecular complexity index is 1270. The molecule has 0 saturated carbocycles. The Kier molecular flexibility index (Phi) is 4.40. The van der Waals surface area contributed by atoms with Crippen LogP contribution in [0.25, 0.3) is 15.8 Å². The minimum atomic E-state index is -0.210. The predicted molar refractivity (Wildman–Crippen MR) is 110 cm³/mol.